The van der Waals surface area contributed by atoms with Gasteiger partial charge in [0, 0.05) is 53.7 Å². The molecule has 1 fully saturated rings. The predicted molar refractivity (Wildman–Crippen MR) is 81.6 cm³/mol. The molecule has 6 heteroatoms. The molecule has 1 N–H and O–H groups in total. The topological polar surface area (TPSA) is 62.3 Å². The van der Waals surface area contributed by atoms with Gasteiger partial charge in [-0.1, -0.05) is 13.3 Å². The van der Waals surface area contributed by atoms with E-state index in [1.54, 1.807) is 18.0 Å². The summed E-state index contributed by atoms with van der Waals surface area (Å²) in [5.41, 5.74) is 1.60. The van der Waals surface area contributed by atoms with Crippen LogP contribution in [0.25, 0.3) is 0 Å². The van der Waals surface area contributed by atoms with Gasteiger partial charge in [0.05, 0.1) is 0 Å². The van der Waals surface area contributed by atoms with Gasteiger partial charge in [0.2, 0.25) is 0 Å². The highest BCUT2D eigenvalue weighted by Crippen LogP contribution is 2.15. The van der Waals surface area contributed by atoms with Crippen molar-refractivity contribution < 1.29 is 9.00 Å². The lowest BCUT2D eigenvalue weighted by atomic mass is 10.1. The number of amides is 1. The van der Waals surface area contributed by atoms with Gasteiger partial charge in [-0.15, -0.1) is 0 Å². The molecule has 0 radical (unpaired) electrons. The highest BCUT2D eigenvalue weighted by atomic mass is 32.2. The summed E-state index contributed by atoms with van der Waals surface area (Å²) in [4.78, 5) is 18.7. The number of carbonyl (C=O) groups excluding carboxylic acids is 1. The molecule has 0 atom stereocenters. The van der Waals surface area contributed by atoms with Gasteiger partial charge in [0.1, 0.15) is 5.82 Å². The van der Waals surface area contributed by atoms with E-state index in [1.165, 1.54) is 0 Å². The van der Waals surface area contributed by atoms with Crippen molar-refractivity contribution in [2.45, 2.75) is 19.8 Å². The Morgan fingerprint density at radius 2 is 2.10 bits per heavy atom. The first-order valence-electron chi connectivity index (χ1n) is 6.97. The van der Waals surface area contributed by atoms with Crippen molar-refractivity contribution in [3.05, 3.63) is 23.4 Å². The van der Waals surface area contributed by atoms with Crippen LogP contribution in [-0.4, -0.2) is 51.6 Å². The molecule has 0 aromatic carbocycles. The van der Waals surface area contributed by atoms with Crippen LogP contribution in [-0.2, 0) is 17.2 Å². The maximum absolute atomic E-state index is 12.5. The van der Waals surface area contributed by atoms with Gasteiger partial charge in [0.25, 0.3) is 5.91 Å². The largest absolute Gasteiger partial charge is 0.373 e. The number of hydrogen-bond donors (Lipinski definition) is 1. The Bertz CT molecular complexity index is 509. The minimum Gasteiger partial charge on any atom is -0.373 e. The van der Waals surface area contributed by atoms with E-state index in [-0.39, 0.29) is 5.91 Å². The number of aromatic nitrogens is 1. The van der Waals surface area contributed by atoms with Crippen LogP contribution in [0.5, 0.6) is 0 Å². The van der Waals surface area contributed by atoms with Crippen LogP contribution in [0.1, 0.15) is 29.4 Å². The lowest BCUT2D eigenvalue weighted by Gasteiger charge is -2.26. The second kappa shape index (κ2) is 6.83. The zero-order valence-electron chi connectivity index (χ0n) is 12.0. The fraction of sp³-hybridized carbons (Fsp3) is 0.571. The predicted octanol–water partition coefficient (Wildman–Crippen LogP) is 1.28. The van der Waals surface area contributed by atoms with E-state index >= 15 is 0 Å². The summed E-state index contributed by atoms with van der Waals surface area (Å²) in [7, 11) is 1.04. The minimum absolute atomic E-state index is 0.0120. The molecule has 2 rings (SSSR count). The molecule has 1 saturated heterocycles. The van der Waals surface area contributed by atoms with Crippen LogP contribution < -0.4 is 5.32 Å². The maximum Gasteiger partial charge on any atom is 0.254 e. The Kier molecular flexibility index (Phi) is 5.11. The number of rotatable bonds is 4. The first-order chi connectivity index (χ1) is 9.63. The van der Waals surface area contributed by atoms with E-state index in [9.17, 15) is 9.00 Å². The number of pyridine rings is 1. The monoisotopic (exact) mass is 295 g/mol. The molecule has 1 aromatic heterocycles. The summed E-state index contributed by atoms with van der Waals surface area (Å²) in [6.07, 6.45) is 1.86. The Morgan fingerprint density at radius 3 is 2.70 bits per heavy atom. The summed E-state index contributed by atoms with van der Waals surface area (Å²) in [6.45, 7) is 3.24. The van der Waals surface area contributed by atoms with Crippen LogP contribution >= 0.6 is 0 Å². The summed E-state index contributed by atoms with van der Waals surface area (Å²) in [5.74, 6) is 1.90. The van der Waals surface area contributed by atoms with Crippen LogP contribution in [0.3, 0.4) is 0 Å². The lowest BCUT2D eigenvalue weighted by Crippen LogP contribution is -2.41. The van der Waals surface area contributed by atoms with Crippen LogP contribution in [0.2, 0.25) is 0 Å². The second-order valence-electron chi connectivity index (χ2n) is 4.87. The Hall–Kier alpha value is -1.43. The van der Waals surface area contributed by atoms with E-state index in [1.807, 2.05) is 6.07 Å². The average Bonchev–Trinajstić information content (AvgIpc) is 2.47. The molecule has 0 aliphatic carbocycles. The molecular formula is C14H21N3O2S. The molecular weight excluding hydrogens is 274 g/mol. The van der Waals surface area contributed by atoms with Gasteiger partial charge >= 0.3 is 0 Å². The summed E-state index contributed by atoms with van der Waals surface area (Å²) < 4.78 is 11.4. The normalized spacial score (nSPS) is 16.2. The smallest absolute Gasteiger partial charge is 0.254 e. The molecule has 0 saturated carbocycles. The molecule has 20 heavy (non-hydrogen) atoms. The highest BCUT2D eigenvalue weighted by molar-refractivity contribution is 7.85. The third-order valence-corrected chi connectivity index (χ3v) is 4.63. The molecule has 5 nitrogen and oxygen atoms in total. The van der Waals surface area contributed by atoms with Crippen molar-refractivity contribution in [3.8, 4) is 0 Å². The van der Waals surface area contributed by atoms with Gasteiger partial charge < -0.3 is 10.2 Å². The molecule has 1 aliphatic rings. The molecule has 1 amide bonds. The van der Waals surface area contributed by atoms with Crippen molar-refractivity contribution in [3.63, 3.8) is 0 Å². The van der Waals surface area contributed by atoms with E-state index in [0.717, 1.165) is 24.4 Å². The van der Waals surface area contributed by atoms with Crippen LogP contribution in [0.4, 0.5) is 5.82 Å². The van der Waals surface area contributed by atoms with Crippen molar-refractivity contribution in [2.24, 2.45) is 0 Å². The summed E-state index contributed by atoms with van der Waals surface area (Å²) in [6, 6.07) is 3.66. The SMILES string of the molecule is CCCc1cc(C(=O)N2CCS(=O)CC2)cc(NC)n1. The number of nitrogens with zero attached hydrogens (tertiary/aromatic N) is 2. The first-order valence-corrected chi connectivity index (χ1v) is 8.45. The highest BCUT2D eigenvalue weighted by Gasteiger charge is 2.22. The zero-order valence-corrected chi connectivity index (χ0v) is 12.8. The summed E-state index contributed by atoms with van der Waals surface area (Å²) >= 11 is 0. The fourth-order valence-corrected chi connectivity index (χ4v) is 3.30. The minimum atomic E-state index is -0.766. The molecule has 1 aliphatic heterocycles. The molecule has 2 heterocycles. The van der Waals surface area contributed by atoms with E-state index in [2.05, 4.69) is 17.2 Å². The van der Waals surface area contributed by atoms with E-state index < -0.39 is 10.8 Å². The van der Waals surface area contributed by atoms with Gasteiger partial charge in [-0.3, -0.25) is 9.00 Å². The fourth-order valence-electron chi connectivity index (χ4n) is 2.25. The number of carbonyl (C=O) groups is 1. The quantitative estimate of drug-likeness (QED) is 0.909. The van der Waals surface area contributed by atoms with Gasteiger partial charge in [-0.25, -0.2) is 4.98 Å². The zero-order chi connectivity index (χ0) is 14.5. The third-order valence-electron chi connectivity index (χ3n) is 3.35. The molecule has 0 spiro atoms. The lowest BCUT2D eigenvalue weighted by molar-refractivity contribution is 0.0771. The third kappa shape index (κ3) is 3.56. The van der Waals surface area contributed by atoms with Gasteiger partial charge in [-0.05, 0) is 18.6 Å². The van der Waals surface area contributed by atoms with Crippen molar-refractivity contribution in [2.75, 3.05) is 37.0 Å². The number of nitrogens with one attached hydrogen (secondary N) is 1. The maximum atomic E-state index is 12.5. The summed E-state index contributed by atoms with van der Waals surface area (Å²) in [5, 5.41) is 3.00. The average molecular weight is 295 g/mol. The molecule has 1 aromatic rings. The van der Waals surface area contributed by atoms with Crippen LogP contribution in [0.15, 0.2) is 12.1 Å². The second-order valence-corrected chi connectivity index (χ2v) is 6.57. The number of hydrogen-bond acceptors (Lipinski definition) is 4. The van der Waals surface area contributed by atoms with Gasteiger partial charge in [-0.2, -0.15) is 0 Å². The molecule has 0 unspecified atom stereocenters. The van der Waals surface area contributed by atoms with Crippen molar-refractivity contribution in [1.82, 2.24) is 9.88 Å². The van der Waals surface area contributed by atoms with Crippen molar-refractivity contribution >= 4 is 22.5 Å². The van der Waals surface area contributed by atoms with E-state index in [0.29, 0.717) is 30.2 Å². The Morgan fingerprint density at radius 1 is 1.40 bits per heavy atom. The van der Waals surface area contributed by atoms with Crippen LogP contribution in [0, 0.1) is 0 Å². The Balaban J connectivity index is 2.19. The van der Waals surface area contributed by atoms with Crippen molar-refractivity contribution in [1.29, 1.82) is 0 Å². The molecule has 110 valence electrons. The standard InChI is InChI=1S/C14H21N3O2S/c1-3-4-12-9-11(10-13(15-2)16-12)14(18)17-5-7-20(19)8-6-17/h9-10H,3-8H2,1-2H3,(H,15,16). The number of aryl methyl sites for hydroxylation is 1. The first kappa shape index (κ1) is 15.0. The van der Waals surface area contributed by atoms with E-state index in [4.69, 9.17) is 0 Å². The van der Waals surface area contributed by atoms with Gasteiger partial charge in [0.15, 0.2) is 0 Å². The Labute approximate surface area is 122 Å². The number of anilines is 1. The molecule has 0 bridgehead atoms.